The van der Waals surface area contributed by atoms with Gasteiger partial charge in [0.1, 0.15) is 23.8 Å². The van der Waals surface area contributed by atoms with Crippen molar-refractivity contribution in [2.45, 2.75) is 26.4 Å². The molecule has 0 spiro atoms. The molecule has 0 radical (unpaired) electrons. The summed E-state index contributed by atoms with van der Waals surface area (Å²) in [5.74, 6) is -1.79. The van der Waals surface area contributed by atoms with E-state index >= 15 is 0 Å². The number of benzene rings is 1. The minimum absolute atomic E-state index is 0.0304. The van der Waals surface area contributed by atoms with Crippen molar-refractivity contribution >= 4 is 27.6 Å². The lowest BCUT2D eigenvalue weighted by Crippen LogP contribution is -2.28. The first kappa shape index (κ1) is 14.9. The number of ether oxygens (including phenoxy) is 1. The zero-order chi connectivity index (χ0) is 13.9. The zero-order valence-corrected chi connectivity index (χ0v) is 11.9. The molecule has 1 aromatic carbocycles. The standard InChI is InChI=1S/C12H14BrF2NO2/c1-12(2,3)18-11(17)6-16-10-5-8(14)7(13)4-9(10)15/h4-5,16H,6H2,1-3H3. The first-order chi connectivity index (χ1) is 8.19. The third-order valence-corrected chi connectivity index (χ3v) is 2.46. The van der Waals surface area contributed by atoms with Gasteiger partial charge in [-0.25, -0.2) is 8.78 Å². The molecule has 1 rings (SSSR count). The number of nitrogens with one attached hydrogen (secondary N) is 1. The van der Waals surface area contributed by atoms with Gasteiger partial charge >= 0.3 is 5.97 Å². The van der Waals surface area contributed by atoms with Crippen LogP contribution in [0.1, 0.15) is 20.8 Å². The number of anilines is 1. The van der Waals surface area contributed by atoms with Crippen LogP contribution < -0.4 is 5.32 Å². The van der Waals surface area contributed by atoms with Crippen LogP contribution >= 0.6 is 15.9 Å². The molecule has 1 N–H and O–H groups in total. The van der Waals surface area contributed by atoms with E-state index in [9.17, 15) is 13.6 Å². The summed E-state index contributed by atoms with van der Waals surface area (Å²) >= 11 is 2.87. The fraction of sp³-hybridized carbons (Fsp3) is 0.417. The van der Waals surface area contributed by atoms with Crippen LogP contribution in [0.4, 0.5) is 14.5 Å². The van der Waals surface area contributed by atoms with E-state index in [2.05, 4.69) is 21.2 Å². The van der Waals surface area contributed by atoms with Crippen molar-refractivity contribution in [1.82, 2.24) is 0 Å². The molecule has 1 aromatic rings. The van der Waals surface area contributed by atoms with Crippen molar-refractivity contribution in [2.24, 2.45) is 0 Å². The van der Waals surface area contributed by atoms with Crippen LogP contribution in [0, 0.1) is 11.6 Å². The SMILES string of the molecule is CC(C)(C)OC(=O)CNc1cc(F)c(Br)cc1F. The van der Waals surface area contributed by atoms with E-state index in [1.54, 1.807) is 20.8 Å². The Morgan fingerprint density at radius 1 is 1.33 bits per heavy atom. The molecule has 0 fully saturated rings. The van der Waals surface area contributed by atoms with Crippen LogP contribution in [0.25, 0.3) is 0 Å². The quantitative estimate of drug-likeness (QED) is 0.684. The van der Waals surface area contributed by atoms with Crippen molar-refractivity contribution < 1.29 is 18.3 Å². The van der Waals surface area contributed by atoms with Gasteiger partial charge in [0.25, 0.3) is 0 Å². The Bertz CT molecular complexity index is 458. The molecule has 0 bridgehead atoms. The molecular weight excluding hydrogens is 308 g/mol. The van der Waals surface area contributed by atoms with Crippen molar-refractivity contribution in [3.63, 3.8) is 0 Å². The van der Waals surface area contributed by atoms with Gasteiger partial charge in [-0.3, -0.25) is 4.79 Å². The van der Waals surface area contributed by atoms with Crippen molar-refractivity contribution in [3.05, 3.63) is 28.2 Å². The van der Waals surface area contributed by atoms with Gasteiger partial charge in [0.05, 0.1) is 10.2 Å². The molecule has 6 heteroatoms. The maximum absolute atomic E-state index is 13.4. The number of carbonyl (C=O) groups is 1. The Kier molecular flexibility index (Phi) is 4.67. The predicted molar refractivity (Wildman–Crippen MR) is 68.4 cm³/mol. The van der Waals surface area contributed by atoms with Crippen LogP contribution in [0.3, 0.4) is 0 Å². The largest absolute Gasteiger partial charge is 0.459 e. The lowest BCUT2D eigenvalue weighted by atomic mass is 10.2. The maximum Gasteiger partial charge on any atom is 0.325 e. The number of rotatable bonds is 3. The summed E-state index contributed by atoms with van der Waals surface area (Å²) in [4.78, 5) is 11.4. The van der Waals surface area contributed by atoms with Crippen LogP contribution in [0.15, 0.2) is 16.6 Å². The highest BCUT2D eigenvalue weighted by Gasteiger charge is 2.16. The van der Waals surface area contributed by atoms with Crippen LogP contribution in [0.2, 0.25) is 0 Å². The van der Waals surface area contributed by atoms with E-state index in [-0.39, 0.29) is 16.7 Å². The third kappa shape index (κ3) is 4.60. The van der Waals surface area contributed by atoms with Gasteiger partial charge < -0.3 is 10.1 Å². The van der Waals surface area contributed by atoms with E-state index in [4.69, 9.17) is 4.74 Å². The first-order valence-corrected chi connectivity index (χ1v) is 6.08. The molecule has 0 atom stereocenters. The van der Waals surface area contributed by atoms with Gasteiger partial charge in [0.2, 0.25) is 0 Å². The average Bonchev–Trinajstić information content (AvgIpc) is 2.19. The predicted octanol–water partition coefficient (Wildman–Crippen LogP) is 3.48. The molecule has 0 unspecified atom stereocenters. The van der Waals surface area contributed by atoms with E-state index in [0.29, 0.717) is 0 Å². The highest BCUT2D eigenvalue weighted by Crippen LogP contribution is 2.23. The first-order valence-electron chi connectivity index (χ1n) is 5.29. The molecule has 0 saturated heterocycles. The molecule has 0 aliphatic rings. The Labute approximate surface area is 113 Å². The van der Waals surface area contributed by atoms with Crippen LogP contribution in [0.5, 0.6) is 0 Å². The van der Waals surface area contributed by atoms with E-state index in [0.717, 1.165) is 12.1 Å². The number of esters is 1. The second-order valence-corrected chi connectivity index (χ2v) is 5.54. The number of hydrogen-bond donors (Lipinski definition) is 1. The normalized spacial score (nSPS) is 11.2. The monoisotopic (exact) mass is 321 g/mol. The summed E-state index contributed by atoms with van der Waals surface area (Å²) in [5, 5.41) is 2.49. The molecule has 0 amide bonds. The zero-order valence-electron chi connectivity index (χ0n) is 10.3. The molecule has 18 heavy (non-hydrogen) atoms. The van der Waals surface area contributed by atoms with Crippen molar-refractivity contribution in [2.75, 3.05) is 11.9 Å². The van der Waals surface area contributed by atoms with Gasteiger partial charge in [-0.2, -0.15) is 0 Å². The minimum Gasteiger partial charge on any atom is -0.459 e. The molecule has 0 aromatic heterocycles. The van der Waals surface area contributed by atoms with Gasteiger partial charge in [0, 0.05) is 6.07 Å². The second kappa shape index (κ2) is 5.65. The topological polar surface area (TPSA) is 38.3 Å². The summed E-state index contributed by atoms with van der Waals surface area (Å²) in [7, 11) is 0. The summed E-state index contributed by atoms with van der Waals surface area (Å²) in [6.07, 6.45) is 0. The van der Waals surface area contributed by atoms with E-state index < -0.39 is 23.2 Å². The summed E-state index contributed by atoms with van der Waals surface area (Å²) in [6.45, 7) is 4.95. The highest BCUT2D eigenvalue weighted by atomic mass is 79.9. The van der Waals surface area contributed by atoms with E-state index in [1.807, 2.05) is 0 Å². The summed E-state index contributed by atoms with van der Waals surface area (Å²) < 4.78 is 31.6. The number of carbonyl (C=O) groups excluding carboxylic acids is 1. The van der Waals surface area contributed by atoms with Crippen molar-refractivity contribution in [1.29, 1.82) is 0 Å². The Morgan fingerprint density at radius 2 is 1.94 bits per heavy atom. The smallest absolute Gasteiger partial charge is 0.325 e. The van der Waals surface area contributed by atoms with Gasteiger partial charge in [-0.1, -0.05) is 0 Å². The van der Waals surface area contributed by atoms with Crippen molar-refractivity contribution in [3.8, 4) is 0 Å². The Morgan fingerprint density at radius 3 is 2.50 bits per heavy atom. The Hall–Kier alpha value is -1.17. The highest BCUT2D eigenvalue weighted by molar-refractivity contribution is 9.10. The Balaban J connectivity index is 2.64. The van der Waals surface area contributed by atoms with Crippen LogP contribution in [-0.4, -0.2) is 18.1 Å². The maximum atomic E-state index is 13.4. The van der Waals surface area contributed by atoms with E-state index in [1.165, 1.54) is 0 Å². The molecule has 3 nitrogen and oxygen atoms in total. The second-order valence-electron chi connectivity index (χ2n) is 4.69. The fourth-order valence-corrected chi connectivity index (χ4v) is 1.52. The molecule has 100 valence electrons. The number of halogens is 3. The number of hydrogen-bond acceptors (Lipinski definition) is 3. The van der Waals surface area contributed by atoms with Gasteiger partial charge in [-0.15, -0.1) is 0 Å². The van der Waals surface area contributed by atoms with Gasteiger partial charge in [-0.05, 0) is 42.8 Å². The lowest BCUT2D eigenvalue weighted by molar-refractivity contribution is -0.152. The summed E-state index contributed by atoms with van der Waals surface area (Å²) in [6, 6.07) is 1.97. The average molecular weight is 322 g/mol. The molecular formula is C12H14BrF2NO2. The summed E-state index contributed by atoms with van der Waals surface area (Å²) in [5.41, 5.74) is -0.691. The molecule has 0 aliphatic heterocycles. The lowest BCUT2D eigenvalue weighted by Gasteiger charge is -2.19. The minimum atomic E-state index is -0.646. The third-order valence-electron chi connectivity index (χ3n) is 1.85. The molecule has 0 saturated carbocycles. The molecule has 0 aliphatic carbocycles. The van der Waals surface area contributed by atoms with Crippen LogP contribution in [-0.2, 0) is 9.53 Å². The molecule has 0 heterocycles. The fourth-order valence-electron chi connectivity index (χ4n) is 1.20. The van der Waals surface area contributed by atoms with Gasteiger partial charge in [0.15, 0.2) is 0 Å².